The molecular weight excluding hydrogens is 324 g/mol. The van der Waals surface area contributed by atoms with Gasteiger partial charge in [-0.3, -0.25) is 9.69 Å². The number of amides is 1. The summed E-state index contributed by atoms with van der Waals surface area (Å²) in [6.07, 6.45) is 0. The van der Waals surface area contributed by atoms with Gasteiger partial charge in [0, 0.05) is 36.3 Å². The zero-order chi connectivity index (χ0) is 18.2. The number of benzene rings is 2. The Morgan fingerprint density at radius 2 is 1.46 bits per heavy atom. The topological polar surface area (TPSA) is 55.6 Å². The summed E-state index contributed by atoms with van der Waals surface area (Å²) in [7, 11) is 0. The molecule has 4 nitrogen and oxygen atoms in total. The Morgan fingerprint density at radius 1 is 0.923 bits per heavy atom. The predicted molar refractivity (Wildman–Crippen MR) is 101 cm³/mol. The van der Waals surface area contributed by atoms with E-state index in [1.165, 1.54) is 5.56 Å². The molecule has 0 saturated carbocycles. The fourth-order valence-electron chi connectivity index (χ4n) is 2.64. The van der Waals surface area contributed by atoms with Crippen LogP contribution in [0.25, 0.3) is 0 Å². The maximum Gasteiger partial charge on any atom is 0.248 e. The molecular formula is C22H20N2O2. The van der Waals surface area contributed by atoms with E-state index in [1.54, 1.807) is 24.3 Å². The van der Waals surface area contributed by atoms with Crippen LogP contribution in [-0.2, 0) is 11.3 Å². The molecule has 1 aliphatic heterocycles. The number of rotatable bonds is 3. The largest absolute Gasteiger partial charge is 0.379 e. The molecule has 130 valence electrons. The molecule has 0 aliphatic carbocycles. The van der Waals surface area contributed by atoms with Gasteiger partial charge >= 0.3 is 0 Å². The van der Waals surface area contributed by atoms with Crippen molar-refractivity contribution in [2.24, 2.45) is 5.73 Å². The van der Waals surface area contributed by atoms with Crippen molar-refractivity contribution in [2.45, 2.75) is 6.54 Å². The Bertz CT molecular complexity index is 872. The first-order valence-electron chi connectivity index (χ1n) is 8.52. The van der Waals surface area contributed by atoms with Crippen molar-refractivity contribution in [3.8, 4) is 23.7 Å². The third-order valence-corrected chi connectivity index (χ3v) is 4.11. The molecule has 1 heterocycles. The van der Waals surface area contributed by atoms with Gasteiger partial charge in [-0.2, -0.15) is 0 Å². The van der Waals surface area contributed by atoms with Gasteiger partial charge < -0.3 is 10.5 Å². The fraction of sp³-hybridized carbons (Fsp3) is 0.227. The normalized spacial score (nSPS) is 13.8. The van der Waals surface area contributed by atoms with Crippen LogP contribution in [0.5, 0.6) is 0 Å². The molecule has 1 saturated heterocycles. The highest BCUT2D eigenvalue weighted by atomic mass is 16.5. The number of hydrogen-bond donors (Lipinski definition) is 1. The average Bonchev–Trinajstić information content (AvgIpc) is 2.68. The van der Waals surface area contributed by atoms with Crippen LogP contribution in [0.4, 0.5) is 0 Å². The highest BCUT2D eigenvalue weighted by Gasteiger charge is 2.10. The number of hydrogen-bond acceptors (Lipinski definition) is 3. The van der Waals surface area contributed by atoms with Gasteiger partial charge in [-0.15, -0.1) is 0 Å². The Morgan fingerprint density at radius 3 is 2.00 bits per heavy atom. The second kappa shape index (κ2) is 8.87. The molecule has 1 amide bonds. The second-order valence-electron chi connectivity index (χ2n) is 6.03. The third kappa shape index (κ3) is 5.22. The van der Waals surface area contributed by atoms with Gasteiger partial charge in [0.05, 0.1) is 13.2 Å². The standard InChI is InChI=1S/C22H20N2O2/c23-22(25)21-11-9-19(10-12-21)4-2-1-3-18-5-7-20(8-6-18)17-24-13-15-26-16-14-24/h5-12H,13-17H2,(H2,23,25). The van der Waals surface area contributed by atoms with Gasteiger partial charge in [-0.1, -0.05) is 24.0 Å². The lowest BCUT2D eigenvalue weighted by Crippen LogP contribution is -2.35. The van der Waals surface area contributed by atoms with E-state index in [0.717, 1.165) is 44.0 Å². The average molecular weight is 344 g/mol. The van der Waals surface area contributed by atoms with Crippen molar-refractivity contribution in [3.05, 3.63) is 70.8 Å². The van der Waals surface area contributed by atoms with Crippen molar-refractivity contribution >= 4 is 5.91 Å². The van der Waals surface area contributed by atoms with Crippen molar-refractivity contribution < 1.29 is 9.53 Å². The summed E-state index contributed by atoms with van der Waals surface area (Å²) in [5, 5.41) is 0. The summed E-state index contributed by atoms with van der Waals surface area (Å²) in [6.45, 7) is 4.54. The van der Waals surface area contributed by atoms with Gasteiger partial charge in [-0.25, -0.2) is 0 Å². The van der Waals surface area contributed by atoms with E-state index in [2.05, 4.69) is 40.7 Å². The highest BCUT2D eigenvalue weighted by Crippen LogP contribution is 2.08. The Labute approximate surface area is 154 Å². The van der Waals surface area contributed by atoms with Gasteiger partial charge in [0.15, 0.2) is 0 Å². The van der Waals surface area contributed by atoms with Crippen LogP contribution in [0.2, 0.25) is 0 Å². The maximum atomic E-state index is 11.0. The Kier molecular flexibility index (Phi) is 6.06. The first kappa shape index (κ1) is 17.8. The molecule has 2 aromatic rings. The van der Waals surface area contributed by atoms with Crippen molar-refractivity contribution in [1.82, 2.24) is 4.90 Å². The minimum Gasteiger partial charge on any atom is -0.379 e. The van der Waals surface area contributed by atoms with Crippen LogP contribution >= 0.6 is 0 Å². The van der Waals surface area contributed by atoms with Crippen LogP contribution in [0.1, 0.15) is 27.0 Å². The molecule has 0 spiro atoms. The molecule has 0 atom stereocenters. The number of carbonyl (C=O) groups is 1. The summed E-state index contributed by atoms with van der Waals surface area (Å²) < 4.78 is 5.37. The predicted octanol–water partition coefficient (Wildman–Crippen LogP) is 2.02. The number of morpholine rings is 1. The minimum absolute atomic E-state index is 0.443. The van der Waals surface area contributed by atoms with E-state index < -0.39 is 5.91 Å². The monoisotopic (exact) mass is 344 g/mol. The lowest BCUT2D eigenvalue weighted by Gasteiger charge is -2.26. The van der Waals surface area contributed by atoms with Crippen LogP contribution in [0.15, 0.2) is 48.5 Å². The molecule has 1 fully saturated rings. The molecule has 0 radical (unpaired) electrons. The highest BCUT2D eigenvalue weighted by molar-refractivity contribution is 5.92. The van der Waals surface area contributed by atoms with E-state index in [0.29, 0.717) is 5.56 Å². The van der Waals surface area contributed by atoms with E-state index in [1.807, 2.05) is 12.1 Å². The Hall–Kier alpha value is -3.05. The molecule has 2 aromatic carbocycles. The number of carbonyl (C=O) groups excluding carboxylic acids is 1. The van der Waals surface area contributed by atoms with Crippen LogP contribution in [0, 0.1) is 23.7 Å². The molecule has 0 unspecified atom stereocenters. The number of nitrogens with two attached hydrogens (primary N) is 1. The zero-order valence-corrected chi connectivity index (χ0v) is 14.5. The van der Waals surface area contributed by atoms with E-state index >= 15 is 0 Å². The number of primary amides is 1. The quantitative estimate of drug-likeness (QED) is 0.867. The smallest absolute Gasteiger partial charge is 0.248 e. The Balaban J connectivity index is 1.57. The fourth-order valence-corrected chi connectivity index (χ4v) is 2.64. The molecule has 4 heteroatoms. The maximum absolute atomic E-state index is 11.0. The summed E-state index contributed by atoms with van der Waals surface area (Å²) in [5.74, 6) is 11.2. The van der Waals surface area contributed by atoms with Crippen molar-refractivity contribution in [1.29, 1.82) is 0 Å². The van der Waals surface area contributed by atoms with Crippen molar-refractivity contribution in [2.75, 3.05) is 26.3 Å². The summed E-state index contributed by atoms with van der Waals surface area (Å²) >= 11 is 0. The molecule has 3 rings (SSSR count). The SMILES string of the molecule is NC(=O)c1ccc(C#CC#Cc2ccc(CN3CCOCC3)cc2)cc1. The molecule has 0 aromatic heterocycles. The first-order chi connectivity index (χ1) is 12.7. The van der Waals surface area contributed by atoms with Gasteiger partial charge in [0.1, 0.15) is 0 Å². The number of nitrogens with zero attached hydrogens (tertiary/aromatic N) is 1. The van der Waals surface area contributed by atoms with Gasteiger partial charge in [0.25, 0.3) is 0 Å². The first-order valence-corrected chi connectivity index (χ1v) is 8.52. The molecule has 2 N–H and O–H groups in total. The summed E-state index contributed by atoms with van der Waals surface area (Å²) in [6, 6.07) is 15.1. The summed E-state index contributed by atoms with van der Waals surface area (Å²) in [5.41, 5.74) is 8.69. The number of ether oxygens (including phenoxy) is 1. The van der Waals surface area contributed by atoms with Gasteiger partial charge in [0.2, 0.25) is 5.91 Å². The van der Waals surface area contributed by atoms with E-state index in [4.69, 9.17) is 10.5 Å². The van der Waals surface area contributed by atoms with Crippen LogP contribution < -0.4 is 5.73 Å². The summed E-state index contributed by atoms with van der Waals surface area (Å²) in [4.78, 5) is 13.4. The lowest BCUT2D eigenvalue weighted by atomic mass is 10.1. The van der Waals surface area contributed by atoms with Crippen molar-refractivity contribution in [3.63, 3.8) is 0 Å². The molecule has 1 aliphatic rings. The molecule has 0 bridgehead atoms. The van der Waals surface area contributed by atoms with Crippen LogP contribution in [-0.4, -0.2) is 37.1 Å². The third-order valence-electron chi connectivity index (χ3n) is 4.11. The minimum atomic E-state index is -0.443. The molecule has 26 heavy (non-hydrogen) atoms. The zero-order valence-electron chi connectivity index (χ0n) is 14.5. The van der Waals surface area contributed by atoms with Crippen LogP contribution in [0.3, 0.4) is 0 Å². The second-order valence-corrected chi connectivity index (χ2v) is 6.03. The lowest BCUT2D eigenvalue weighted by molar-refractivity contribution is 0.0342. The van der Waals surface area contributed by atoms with Gasteiger partial charge in [-0.05, 0) is 53.8 Å². The van der Waals surface area contributed by atoms with E-state index in [9.17, 15) is 4.79 Å². The van der Waals surface area contributed by atoms with E-state index in [-0.39, 0.29) is 0 Å².